The Labute approximate surface area is 88.8 Å². The maximum atomic E-state index is 12.0. The van der Waals surface area contributed by atoms with Gasteiger partial charge in [-0.3, -0.25) is 9.36 Å². The van der Waals surface area contributed by atoms with Crippen LogP contribution in [0.25, 0.3) is 0 Å². The van der Waals surface area contributed by atoms with Crippen molar-refractivity contribution in [2.45, 2.75) is 39.9 Å². The van der Waals surface area contributed by atoms with Crippen molar-refractivity contribution in [3.63, 3.8) is 0 Å². The first-order chi connectivity index (χ1) is 6.85. The highest BCUT2D eigenvalue weighted by Crippen LogP contribution is 2.51. The largest absolute Gasteiger partial charge is 0.410 e. The zero-order valence-corrected chi connectivity index (χ0v) is 10.1. The molecule has 88 valence electrons. The van der Waals surface area contributed by atoms with Crippen LogP contribution in [0.2, 0.25) is 0 Å². The van der Waals surface area contributed by atoms with Crippen LogP contribution in [0.3, 0.4) is 0 Å². The highest BCUT2D eigenvalue weighted by Gasteiger charge is 2.35. The van der Waals surface area contributed by atoms with Crippen LogP contribution in [0.1, 0.15) is 27.7 Å². The predicted molar refractivity (Wildman–Crippen MR) is 55.3 cm³/mol. The van der Waals surface area contributed by atoms with E-state index >= 15 is 0 Å². The Bertz CT molecular complexity index is 273. The fraction of sp³-hybridized carbons (Fsp3) is 0.750. The molecule has 1 N–H and O–H groups in total. The summed E-state index contributed by atoms with van der Waals surface area (Å²) in [5, 5.41) is 11.1. The van der Waals surface area contributed by atoms with E-state index in [2.05, 4.69) is 5.16 Å². The number of hydrogen-bond donors (Lipinski definition) is 1. The Kier molecular flexibility index (Phi) is 5.72. The van der Waals surface area contributed by atoms with Crippen LogP contribution in [0.15, 0.2) is 5.16 Å². The smallest absolute Gasteiger partial charge is 0.386 e. The quantitative estimate of drug-likeness (QED) is 0.251. The Morgan fingerprint density at radius 3 is 1.87 bits per heavy atom. The summed E-state index contributed by atoms with van der Waals surface area (Å²) in [5.41, 5.74) is -0.620. The third-order valence-electron chi connectivity index (χ3n) is 1.19. The molecule has 0 rings (SSSR count). The second kappa shape index (κ2) is 6.00. The number of rotatable bonds is 6. The topological polar surface area (TPSA) is 85.2 Å². The first kappa shape index (κ1) is 14.3. The summed E-state index contributed by atoms with van der Waals surface area (Å²) in [6, 6.07) is 0. The van der Waals surface area contributed by atoms with Crippen molar-refractivity contribution in [3.8, 4) is 0 Å². The number of nitrogens with zero attached hydrogens (tertiary/aromatic N) is 1. The molecule has 0 heterocycles. The standard InChI is InChI=1S/C8H16NO5P/c1-6(2)13-15(12,14-7(3)4)8(5-10)9-11/h5-7,11H,1-4H3/b9-8+. The molecule has 0 aliphatic heterocycles. The molecule has 6 nitrogen and oxygen atoms in total. The van der Waals surface area contributed by atoms with Gasteiger partial charge in [0.2, 0.25) is 5.45 Å². The van der Waals surface area contributed by atoms with Gasteiger partial charge in [0.1, 0.15) is 0 Å². The molecule has 0 unspecified atom stereocenters. The highest BCUT2D eigenvalue weighted by atomic mass is 31.2. The molecule has 0 atom stereocenters. The Morgan fingerprint density at radius 2 is 1.67 bits per heavy atom. The van der Waals surface area contributed by atoms with Gasteiger partial charge in [-0.15, -0.1) is 0 Å². The third kappa shape index (κ3) is 4.55. The lowest BCUT2D eigenvalue weighted by atomic mass is 10.5. The highest BCUT2D eigenvalue weighted by molar-refractivity contribution is 7.74. The van der Waals surface area contributed by atoms with Crippen molar-refractivity contribution in [2.75, 3.05) is 0 Å². The van der Waals surface area contributed by atoms with Crippen molar-refractivity contribution in [2.24, 2.45) is 5.16 Å². The van der Waals surface area contributed by atoms with Crippen LogP contribution in [0.4, 0.5) is 0 Å². The van der Waals surface area contributed by atoms with Crippen molar-refractivity contribution in [3.05, 3.63) is 0 Å². The minimum atomic E-state index is -3.81. The van der Waals surface area contributed by atoms with E-state index in [9.17, 15) is 9.36 Å². The molecular formula is C8H16NO5P. The van der Waals surface area contributed by atoms with E-state index in [4.69, 9.17) is 14.3 Å². The molecule has 0 aliphatic carbocycles. The predicted octanol–water partition coefficient (Wildman–Crippen LogP) is 2.02. The molecule has 0 bridgehead atoms. The van der Waals surface area contributed by atoms with E-state index in [-0.39, 0.29) is 6.29 Å². The second-order valence-electron chi connectivity index (χ2n) is 3.38. The minimum absolute atomic E-state index is 0.158. The molecule has 0 fully saturated rings. The number of oxime groups is 1. The summed E-state index contributed by atoms with van der Waals surface area (Å²) in [6.07, 6.45) is -0.663. The average Bonchev–Trinajstić information content (AvgIpc) is 2.01. The van der Waals surface area contributed by atoms with Crippen LogP contribution in [0, 0.1) is 0 Å². The lowest BCUT2D eigenvalue weighted by Crippen LogP contribution is -2.15. The maximum Gasteiger partial charge on any atom is 0.386 e. The Morgan fingerprint density at radius 1 is 1.27 bits per heavy atom. The molecule has 0 saturated heterocycles. The molecule has 15 heavy (non-hydrogen) atoms. The third-order valence-corrected chi connectivity index (χ3v) is 3.34. The molecular weight excluding hydrogens is 221 g/mol. The fourth-order valence-electron chi connectivity index (χ4n) is 0.831. The average molecular weight is 237 g/mol. The monoisotopic (exact) mass is 237 g/mol. The lowest BCUT2D eigenvalue weighted by molar-refractivity contribution is -0.102. The first-order valence-electron chi connectivity index (χ1n) is 4.50. The summed E-state index contributed by atoms with van der Waals surface area (Å²) in [4.78, 5) is 10.5. The molecule has 7 heteroatoms. The van der Waals surface area contributed by atoms with Crippen molar-refractivity contribution >= 4 is 19.3 Å². The minimum Gasteiger partial charge on any atom is -0.410 e. The second-order valence-corrected chi connectivity index (χ2v) is 5.26. The molecule has 0 saturated carbocycles. The summed E-state index contributed by atoms with van der Waals surface area (Å²) in [5.74, 6) is 0. The Balaban J connectivity index is 5.01. The van der Waals surface area contributed by atoms with Gasteiger partial charge < -0.3 is 14.3 Å². The molecule has 0 aromatic carbocycles. The normalized spacial score (nSPS) is 13.6. The van der Waals surface area contributed by atoms with Gasteiger partial charge in [0.05, 0.1) is 12.2 Å². The summed E-state index contributed by atoms with van der Waals surface area (Å²) >= 11 is 0. The van der Waals surface area contributed by atoms with Crippen LogP contribution in [-0.4, -0.2) is 29.2 Å². The van der Waals surface area contributed by atoms with Gasteiger partial charge in [-0.2, -0.15) is 0 Å². The number of aldehydes is 1. The van der Waals surface area contributed by atoms with E-state index in [0.29, 0.717) is 0 Å². The first-order valence-corrected chi connectivity index (χ1v) is 6.04. The zero-order valence-electron chi connectivity index (χ0n) is 9.21. The number of carbonyl (C=O) groups is 1. The summed E-state index contributed by atoms with van der Waals surface area (Å²) in [6.45, 7) is 6.54. The molecule has 0 amide bonds. The van der Waals surface area contributed by atoms with E-state index in [1.807, 2.05) is 0 Å². The van der Waals surface area contributed by atoms with Gasteiger partial charge in [0.25, 0.3) is 0 Å². The molecule has 0 aromatic heterocycles. The van der Waals surface area contributed by atoms with Crippen molar-refractivity contribution in [1.82, 2.24) is 0 Å². The van der Waals surface area contributed by atoms with E-state index in [0.717, 1.165) is 0 Å². The Hall–Kier alpha value is -0.710. The maximum absolute atomic E-state index is 12.0. The summed E-state index contributed by atoms with van der Waals surface area (Å²) in [7, 11) is -3.81. The van der Waals surface area contributed by atoms with Crippen LogP contribution < -0.4 is 0 Å². The van der Waals surface area contributed by atoms with Gasteiger partial charge in [-0.25, -0.2) is 0 Å². The zero-order chi connectivity index (χ0) is 12.1. The lowest BCUT2D eigenvalue weighted by Gasteiger charge is -2.20. The van der Waals surface area contributed by atoms with Gasteiger partial charge >= 0.3 is 7.60 Å². The fourth-order valence-corrected chi connectivity index (χ4v) is 2.45. The van der Waals surface area contributed by atoms with Crippen LogP contribution in [-0.2, 0) is 18.4 Å². The molecule has 0 aromatic rings. The van der Waals surface area contributed by atoms with Gasteiger partial charge in [0, 0.05) is 0 Å². The summed E-state index contributed by atoms with van der Waals surface area (Å²) < 4.78 is 22.0. The number of hydrogen-bond acceptors (Lipinski definition) is 6. The van der Waals surface area contributed by atoms with Crippen LogP contribution >= 0.6 is 7.60 Å². The molecule has 0 radical (unpaired) electrons. The van der Waals surface area contributed by atoms with E-state index < -0.39 is 25.3 Å². The SMILES string of the molecule is CC(C)OP(=O)(OC(C)C)/C(C=O)=N/O. The van der Waals surface area contributed by atoms with Gasteiger partial charge in [-0.1, -0.05) is 5.16 Å². The van der Waals surface area contributed by atoms with E-state index in [1.54, 1.807) is 27.7 Å². The van der Waals surface area contributed by atoms with Gasteiger partial charge in [0.15, 0.2) is 6.29 Å². The van der Waals surface area contributed by atoms with Crippen molar-refractivity contribution < 1.29 is 23.6 Å². The van der Waals surface area contributed by atoms with Gasteiger partial charge in [-0.05, 0) is 27.7 Å². The van der Waals surface area contributed by atoms with E-state index in [1.165, 1.54) is 0 Å². The van der Waals surface area contributed by atoms with Crippen molar-refractivity contribution in [1.29, 1.82) is 0 Å². The molecule has 0 aliphatic rings. The number of carbonyl (C=O) groups excluding carboxylic acids is 1. The molecule has 0 spiro atoms. The van der Waals surface area contributed by atoms with Crippen LogP contribution in [0.5, 0.6) is 0 Å².